The second kappa shape index (κ2) is 11.9. The van der Waals surface area contributed by atoms with Gasteiger partial charge in [0.2, 0.25) is 0 Å². The average molecular weight is 441 g/mol. The van der Waals surface area contributed by atoms with E-state index in [0.29, 0.717) is 15.7 Å². The number of nitrogens with one attached hydrogen (secondary N) is 1. The number of ether oxygens (including phenoxy) is 1. The molecule has 0 fully saturated rings. The summed E-state index contributed by atoms with van der Waals surface area (Å²) in [6.45, 7) is 9.07. The Balaban J connectivity index is 2.89. The third-order valence-electron chi connectivity index (χ3n) is 4.49. The zero-order chi connectivity index (χ0) is 17.8. The van der Waals surface area contributed by atoms with Crippen molar-refractivity contribution in [2.75, 3.05) is 6.61 Å². The van der Waals surface area contributed by atoms with Crippen LogP contribution in [-0.4, -0.2) is 43.9 Å². The van der Waals surface area contributed by atoms with Gasteiger partial charge < -0.3 is 0 Å². The fourth-order valence-electron chi connectivity index (χ4n) is 3.09. The maximum absolute atomic E-state index is 11.9. The number of unbranched alkanes of at least 4 members (excludes halogenated alkanes) is 3. The molecule has 0 aliphatic carbocycles. The first-order valence-electron chi connectivity index (χ1n) is 9.61. The summed E-state index contributed by atoms with van der Waals surface area (Å²) in [5.41, 5.74) is 0.447. The van der Waals surface area contributed by atoms with Crippen LogP contribution in [0.2, 0.25) is 3.43 Å². The van der Waals surface area contributed by atoms with Crippen molar-refractivity contribution < 1.29 is 9.53 Å². The van der Waals surface area contributed by atoms with E-state index in [2.05, 4.69) is 31.0 Å². The molecule has 0 atom stereocenters. The van der Waals surface area contributed by atoms with Crippen molar-refractivity contribution in [3.8, 4) is 0 Å². The predicted octanol–water partition coefficient (Wildman–Crippen LogP) is 4.65. The van der Waals surface area contributed by atoms with Crippen LogP contribution in [-0.2, 0) is 4.74 Å². The summed E-state index contributed by atoms with van der Waals surface area (Å²) in [6, 6.07) is 1.96. The van der Waals surface area contributed by atoms with Gasteiger partial charge in [-0.25, -0.2) is 0 Å². The molecule has 24 heavy (non-hydrogen) atoms. The summed E-state index contributed by atoms with van der Waals surface area (Å²) in [4.78, 5) is 11.9. The molecule has 5 heteroatoms. The molecule has 0 aliphatic rings. The number of aromatic amines is 1. The fourth-order valence-corrected chi connectivity index (χ4v) is 8.22. The Morgan fingerprint density at radius 1 is 1.08 bits per heavy atom. The van der Waals surface area contributed by atoms with E-state index in [1.165, 1.54) is 61.5 Å². The van der Waals surface area contributed by atoms with Crippen molar-refractivity contribution in [1.82, 2.24) is 10.2 Å². The normalized spacial score (nSPS) is 11.7. The molecule has 1 N–H and O–H groups in total. The second-order valence-electron chi connectivity index (χ2n) is 6.60. The van der Waals surface area contributed by atoms with E-state index in [9.17, 15) is 4.79 Å². The minimum absolute atomic E-state index is 0.305. The molecule has 0 unspecified atom stereocenters. The van der Waals surface area contributed by atoms with Crippen molar-refractivity contribution in [1.29, 1.82) is 0 Å². The third-order valence-corrected chi connectivity index (χ3v) is 9.64. The molecule has 0 bridgehead atoms. The van der Waals surface area contributed by atoms with E-state index in [-0.39, 0.29) is 5.97 Å². The van der Waals surface area contributed by atoms with Crippen molar-refractivity contribution in [2.45, 2.75) is 88.9 Å². The molecule has 0 spiro atoms. The van der Waals surface area contributed by atoms with E-state index < -0.39 is 21.1 Å². The summed E-state index contributed by atoms with van der Waals surface area (Å²) in [7, 11) is 0. The molecule has 136 valence electrons. The van der Waals surface area contributed by atoms with Crippen LogP contribution in [0, 0.1) is 0 Å². The summed E-state index contributed by atoms with van der Waals surface area (Å²) < 4.78 is 6.81. The molecule has 1 heterocycles. The molecular weight excluding hydrogens is 407 g/mol. The molecule has 0 aliphatic heterocycles. The molecule has 0 amide bonds. The molecule has 1 rings (SSSR count). The Kier molecular flexibility index (Phi) is 10.7. The monoisotopic (exact) mass is 442 g/mol. The van der Waals surface area contributed by atoms with Crippen molar-refractivity contribution in [3.63, 3.8) is 0 Å². The average Bonchev–Trinajstić information content (AvgIpc) is 3.04. The van der Waals surface area contributed by atoms with Gasteiger partial charge in [-0.1, -0.05) is 0 Å². The van der Waals surface area contributed by atoms with Crippen LogP contribution in [0.5, 0.6) is 0 Å². The number of hydrogen-bond donors (Lipinski definition) is 1. The Morgan fingerprint density at radius 3 is 2.08 bits per heavy atom. The minimum atomic E-state index is -0.853. The van der Waals surface area contributed by atoms with Crippen LogP contribution in [0.4, 0.5) is 0 Å². The molecule has 2 radical (unpaired) electrons. The number of carbonyl (C=O) groups is 1. The van der Waals surface area contributed by atoms with Gasteiger partial charge in [0.15, 0.2) is 0 Å². The van der Waals surface area contributed by atoms with E-state index in [1.807, 2.05) is 13.0 Å². The predicted molar refractivity (Wildman–Crippen MR) is 101 cm³/mol. The number of carbonyl (C=O) groups excluding carboxylic acids is 1. The molecule has 1 aromatic heterocycles. The van der Waals surface area contributed by atoms with Gasteiger partial charge in [0.05, 0.1) is 0 Å². The number of H-pyrrole nitrogens is 1. The third kappa shape index (κ3) is 7.16. The van der Waals surface area contributed by atoms with Crippen LogP contribution in [0.1, 0.15) is 96.0 Å². The molecular formula is C19H34N2O2Sn. The molecule has 0 saturated heterocycles. The van der Waals surface area contributed by atoms with Crippen LogP contribution >= 0.6 is 0 Å². The standard InChI is InChI=1S/C13H27.C6H7N2O2.Sn/c1-4-7-10-13(11-8-5-2)12-9-6-3;1-2-10-6(9)5-3-4-7-8-5;/h4-12H2,1-3H3;3H,2H2,1H3,(H,7,8);. The van der Waals surface area contributed by atoms with E-state index in [1.54, 1.807) is 0 Å². The number of aromatic nitrogens is 2. The summed E-state index contributed by atoms with van der Waals surface area (Å²) >= 11 is -0.853. The SMILES string of the molecule is CCCC[C](CCCC)(CCCC)[Sn][c]1cc(C(=O)OCC)n[nH]1. The summed E-state index contributed by atoms with van der Waals surface area (Å²) in [5, 5.41) is 7.36. The molecule has 0 saturated carbocycles. The summed E-state index contributed by atoms with van der Waals surface area (Å²) in [5.74, 6) is -0.305. The number of esters is 1. The van der Waals surface area contributed by atoms with Crippen LogP contribution < -0.4 is 3.71 Å². The van der Waals surface area contributed by atoms with Crippen LogP contribution in [0.3, 0.4) is 0 Å². The van der Waals surface area contributed by atoms with Crippen LogP contribution in [0.15, 0.2) is 6.07 Å². The maximum atomic E-state index is 11.9. The molecule has 0 aromatic carbocycles. The summed E-state index contributed by atoms with van der Waals surface area (Å²) in [6.07, 6.45) is 11.7. The van der Waals surface area contributed by atoms with Gasteiger partial charge in [-0.3, -0.25) is 0 Å². The van der Waals surface area contributed by atoms with Crippen molar-refractivity contribution >= 4 is 30.8 Å². The number of rotatable bonds is 13. The van der Waals surface area contributed by atoms with Gasteiger partial charge in [0, 0.05) is 0 Å². The molecule has 1 aromatic rings. The Hall–Kier alpha value is -0.521. The van der Waals surface area contributed by atoms with E-state index in [4.69, 9.17) is 4.74 Å². The van der Waals surface area contributed by atoms with Gasteiger partial charge in [-0.2, -0.15) is 0 Å². The first kappa shape index (κ1) is 21.5. The van der Waals surface area contributed by atoms with E-state index in [0.717, 1.165) is 0 Å². The van der Waals surface area contributed by atoms with Gasteiger partial charge in [0.1, 0.15) is 0 Å². The number of hydrogen-bond acceptors (Lipinski definition) is 3. The quantitative estimate of drug-likeness (QED) is 0.359. The zero-order valence-corrected chi connectivity index (χ0v) is 18.8. The van der Waals surface area contributed by atoms with Gasteiger partial charge in [0.25, 0.3) is 0 Å². The Labute approximate surface area is 157 Å². The topological polar surface area (TPSA) is 55.0 Å². The fraction of sp³-hybridized carbons (Fsp3) is 0.789. The van der Waals surface area contributed by atoms with Crippen molar-refractivity contribution in [2.24, 2.45) is 0 Å². The Bertz CT molecular complexity index is 452. The first-order valence-corrected chi connectivity index (χ1v) is 12.5. The van der Waals surface area contributed by atoms with Crippen molar-refractivity contribution in [3.05, 3.63) is 11.8 Å². The zero-order valence-electron chi connectivity index (χ0n) is 15.9. The molecule has 4 nitrogen and oxygen atoms in total. The number of nitrogens with zero attached hydrogens (tertiary/aromatic N) is 1. The Morgan fingerprint density at radius 2 is 1.62 bits per heavy atom. The van der Waals surface area contributed by atoms with Crippen LogP contribution in [0.25, 0.3) is 0 Å². The first-order chi connectivity index (χ1) is 11.6. The van der Waals surface area contributed by atoms with Gasteiger partial charge >= 0.3 is 158 Å². The second-order valence-corrected chi connectivity index (χ2v) is 11.9. The van der Waals surface area contributed by atoms with Gasteiger partial charge in [-0.05, 0) is 0 Å². The van der Waals surface area contributed by atoms with E-state index >= 15 is 0 Å². The van der Waals surface area contributed by atoms with Gasteiger partial charge in [-0.15, -0.1) is 0 Å².